The summed E-state index contributed by atoms with van der Waals surface area (Å²) in [5, 5.41) is 0. The molecule has 1 aliphatic heterocycles. The Labute approximate surface area is 119 Å². The summed E-state index contributed by atoms with van der Waals surface area (Å²) in [7, 11) is 0. The molecule has 1 aromatic rings. The van der Waals surface area contributed by atoms with Crippen molar-refractivity contribution in [2.24, 2.45) is 11.8 Å². The van der Waals surface area contributed by atoms with Gasteiger partial charge in [0.2, 0.25) is 0 Å². The van der Waals surface area contributed by atoms with Crippen LogP contribution in [0.25, 0.3) is 0 Å². The number of rotatable bonds is 3. The van der Waals surface area contributed by atoms with Crippen molar-refractivity contribution in [2.75, 3.05) is 19.7 Å². The summed E-state index contributed by atoms with van der Waals surface area (Å²) >= 11 is 0. The standard InChI is InChI=1S/C16H22FNO2/c1-4-20-15-8-13(17)5-6-14(15)16(19)18-9-11(2)7-12(3)10-18/h5-6,8,11-12H,4,7,9-10H2,1-3H3. The largest absolute Gasteiger partial charge is 0.493 e. The zero-order valence-electron chi connectivity index (χ0n) is 12.4. The van der Waals surface area contributed by atoms with Crippen LogP contribution in [-0.4, -0.2) is 30.5 Å². The highest BCUT2D eigenvalue weighted by atomic mass is 19.1. The van der Waals surface area contributed by atoms with E-state index in [1.165, 1.54) is 18.2 Å². The van der Waals surface area contributed by atoms with Crippen molar-refractivity contribution in [1.82, 2.24) is 4.90 Å². The van der Waals surface area contributed by atoms with Gasteiger partial charge in [-0.25, -0.2) is 4.39 Å². The minimum atomic E-state index is -0.384. The zero-order chi connectivity index (χ0) is 14.7. The Morgan fingerprint density at radius 3 is 2.60 bits per heavy atom. The van der Waals surface area contributed by atoms with Gasteiger partial charge in [0, 0.05) is 19.2 Å². The average Bonchev–Trinajstić information content (AvgIpc) is 2.37. The quantitative estimate of drug-likeness (QED) is 0.849. The summed E-state index contributed by atoms with van der Waals surface area (Å²) in [4.78, 5) is 14.5. The predicted octanol–water partition coefficient (Wildman–Crippen LogP) is 3.34. The number of ether oxygens (including phenoxy) is 1. The number of likely N-dealkylation sites (tertiary alicyclic amines) is 1. The van der Waals surface area contributed by atoms with Crippen LogP contribution in [0.3, 0.4) is 0 Å². The number of halogens is 1. The van der Waals surface area contributed by atoms with Gasteiger partial charge in [0.25, 0.3) is 5.91 Å². The maximum absolute atomic E-state index is 13.3. The van der Waals surface area contributed by atoms with Gasteiger partial charge in [0.05, 0.1) is 12.2 Å². The molecular formula is C16H22FNO2. The van der Waals surface area contributed by atoms with Crippen LogP contribution in [0, 0.1) is 17.7 Å². The van der Waals surface area contributed by atoms with E-state index in [0.717, 1.165) is 19.5 Å². The normalized spacial score (nSPS) is 22.7. The van der Waals surface area contributed by atoms with E-state index in [1.54, 1.807) is 0 Å². The van der Waals surface area contributed by atoms with Gasteiger partial charge in [-0.15, -0.1) is 0 Å². The molecule has 1 aliphatic rings. The van der Waals surface area contributed by atoms with E-state index in [9.17, 15) is 9.18 Å². The summed E-state index contributed by atoms with van der Waals surface area (Å²) in [6.07, 6.45) is 1.14. The van der Waals surface area contributed by atoms with Crippen molar-refractivity contribution in [3.8, 4) is 5.75 Å². The third-order valence-electron chi connectivity index (χ3n) is 3.63. The van der Waals surface area contributed by atoms with Crippen molar-refractivity contribution in [3.05, 3.63) is 29.6 Å². The highest BCUT2D eigenvalue weighted by Crippen LogP contribution is 2.26. The lowest BCUT2D eigenvalue weighted by atomic mass is 9.91. The smallest absolute Gasteiger partial charge is 0.257 e. The first-order valence-electron chi connectivity index (χ1n) is 7.22. The van der Waals surface area contributed by atoms with Crippen molar-refractivity contribution in [1.29, 1.82) is 0 Å². The van der Waals surface area contributed by atoms with Gasteiger partial charge in [0.15, 0.2) is 0 Å². The summed E-state index contributed by atoms with van der Waals surface area (Å²) < 4.78 is 18.7. The lowest BCUT2D eigenvalue weighted by molar-refractivity contribution is 0.0619. The molecule has 1 heterocycles. The second-order valence-electron chi connectivity index (χ2n) is 5.73. The fraction of sp³-hybridized carbons (Fsp3) is 0.562. The number of nitrogens with zero attached hydrogens (tertiary/aromatic N) is 1. The SMILES string of the molecule is CCOc1cc(F)ccc1C(=O)N1CC(C)CC(C)C1. The molecule has 4 heteroatoms. The molecular weight excluding hydrogens is 257 g/mol. The first kappa shape index (κ1) is 14.8. The van der Waals surface area contributed by atoms with Crippen LogP contribution < -0.4 is 4.74 Å². The minimum Gasteiger partial charge on any atom is -0.493 e. The molecule has 1 fully saturated rings. The zero-order valence-corrected chi connectivity index (χ0v) is 12.4. The molecule has 2 unspecified atom stereocenters. The maximum Gasteiger partial charge on any atom is 0.257 e. The molecule has 0 N–H and O–H groups in total. The van der Waals surface area contributed by atoms with E-state index >= 15 is 0 Å². The summed E-state index contributed by atoms with van der Waals surface area (Å²) in [5.74, 6) is 0.887. The summed E-state index contributed by atoms with van der Waals surface area (Å²) in [6.45, 7) is 8.06. The van der Waals surface area contributed by atoms with E-state index in [2.05, 4.69) is 13.8 Å². The van der Waals surface area contributed by atoms with Crippen molar-refractivity contribution < 1.29 is 13.9 Å². The lowest BCUT2D eigenvalue weighted by Crippen LogP contribution is -2.42. The van der Waals surface area contributed by atoms with Crippen molar-refractivity contribution in [2.45, 2.75) is 27.2 Å². The molecule has 1 saturated heterocycles. The van der Waals surface area contributed by atoms with Gasteiger partial charge in [-0.05, 0) is 37.3 Å². The van der Waals surface area contributed by atoms with Gasteiger partial charge < -0.3 is 9.64 Å². The van der Waals surface area contributed by atoms with Gasteiger partial charge in [-0.2, -0.15) is 0 Å². The second kappa shape index (κ2) is 6.25. The number of piperidine rings is 1. The molecule has 2 rings (SSSR count). The number of benzene rings is 1. The molecule has 0 saturated carbocycles. The van der Waals surface area contributed by atoms with Gasteiger partial charge in [0.1, 0.15) is 11.6 Å². The third kappa shape index (κ3) is 3.30. The molecule has 1 amide bonds. The number of amides is 1. The Bertz CT molecular complexity index is 479. The number of hydrogen-bond acceptors (Lipinski definition) is 2. The van der Waals surface area contributed by atoms with Gasteiger partial charge in [-0.3, -0.25) is 4.79 Å². The van der Waals surface area contributed by atoms with E-state index in [4.69, 9.17) is 4.74 Å². The Morgan fingerprint density at radius 1 is 1.35 bits per heavy atom. The molecule has 0 spiro atoms. The highest BCUT2D eigenvalue weighted by molar-refractivity contribution is 5.97. The molecule has 2 atom stereocenters. The molecule has 0 bridgehead atoms. The second-order valence-corrected chi connectivity index (χ2v) is 5.73. The summed E-state index contributed by atoms with van der Waals surface area (Å²) in [5.41, 5.74) is 0.453. The molecule has 20 heavy (non-hydrogen) atoms. The third-order valence-corrected chi connectivity index (χ3v) is 3.63. The Morgan fingerprint density at radius 2 is 2.00 bits per heavy atom. The van der Waals surface area contributed by atoms with Crippen LogP contribution in [0.15, 0.2) is 18.2 Å². The van der Waals surface area contributed by atoms with Gasteiger partial charge in [-0.1, -0.05) is 13.8 Å². The van der Waals surface area contributed by atoms with E-state index in [0.29, 0.717) is 29.8 Å². The molecule has 3 nitrogen and oxygen atoms in total. The lowest BCUT2D eigenvalue weighted by Gasteiger charge is -2.35. The van der Waals surface area contributed by atoms with Crippen LogP contribution >= 0.6 is 0 Å². The molecule has 0 radical (unpaired) electrons. The monoisotopic (exact) mass is 279 g/mol. The van der Waals surface area contributed by atoms with E-state index < -0.39 is 0 Å². The van der Waals surface area contributed by atoms with E-state index in [1.807, 2.05) is 11.8 Å². The topological polar surface area (TPSA) is 29.5 Å². The molecule has 110 valence electrons. The van der Waals surface area contributed by atoms with Gasteiger partial charge >= 0.3 is 0 Å². The van der Waals surface area contributed by atoms with Crippen LogP contribution in [0.4, 0.5) is 4.39 Å². The number of carbonyl (C=O) groups is 1. The first-order valence-corrected chi connectivity index (χ1v) is 7.22. The Balaban J connectivity index is 2.24. The molecule has 0 aromatic heterocycles. The Hall–Kier alpha value is -1.58. The summed E-state index contributed by atoms with van der Waals surface area (Å²) in [6, 6.07) is 4.12. The molecule has 0 aliphatic carbocycles. The van der Waals surface area contributed by atoms with Crippen LogP contribution in [0.5, 0.6) is 5.75 Å². The predicted molar refractivity (Wildman–Crippen MR) is 76.4 cm³/mol. The van der Waals surface area contributed by atoms with Crippen LogP contribution in [-0.2, 0) is 0 Å². The maximum atomic E-state index is 13.3. The highest BCUT2D eigenvalue weighted by Gasteiger charge is 2.27. The fourth-order valence-corrected chi connectivity index (χ4v) is 2.95. The number of carbonyl (C=O) groups excluding carboxylic acids is 1. The van der Waals surface area contributed by atoms with Crippen molar-refractivity contribution >= 4 is 5.91 Å². The fourth-order valence-electron chi connectivity index (χ4n) is 2.95. The minimum absolute atomic E-state index is 0.0631. The molecule has 1 aromatic carbocycles. The van der Waals surface area contributed by atoms with E-state index in [-0.39, 0.29) is 11.7 Å². The Kier molecular flexibility index (Phi) is 4.63. The first-order chi connectivity index (χ1) is 9.51. The van der Waals surface area contributed by atoms with Crippen LogP contribution in [0.1, 0.15) is 37.6 Å². The van der Waals surface area contributed by atoms with Crippen molar-refractivity contribution in [3.63, 3.8) is 0 Å². The number of hydrogen-bond donors (Lipinski definition) is 0. The van der Waals surface area contributed by atoms with Crippen LogP contribution in [0.2, 0.25) is 0 Å². The average molecular weight is 279 g/mol.